The lowest BCUT2D eigenvalue weighted by molar-refractivity contribution is 0.281. The SMILES string of the molecule is CC1CCC(C)N(c2ccc(CO)cn2)C1. The Bertz CT molecular complexity index is 336. The van der Waals surface area contributed by atoms with Crippen molar-refractivity contribution in [1.82, 2.24) is 4.98 Å². The van der Waals surface area contributed by atoms with Gasteiger partial charge in [-0.15, -0.1) is 0 Å². The van der Waals surface area contributed by atoms with E-state index in [1.807, 2.05) is 12.1 Å². The van der Waals surface area contributed by atoms with E-state index in [9.17, 15) is 0 Å². The Kier molecular flexibility index (Phi) is 3.44. The quantitative estimate of drug-likeness (QED) is 0.830. The molecule has 1 fully saturated rings. The number of rotatable bonds is 2. The van der Waals surface area contributed by atoms with E-state index in [1.54, 1.807) is 6.20 Å². The molecule has 2 rings (SSSR count). The Hall–Kier alpha value is -1.09. The third-order valence-electron chi connectivity index (χ3n) is 3.40. The van der Waals surface area contributed by atoms with Crippen LogP contribution in [0.15, 0.2) is 18.3 Å². The summed E-state index contributed by atoms with van der Waals surface area (Å²) in [5, 5.41) is 8.98. The minimum atomic E-state index is 0.0687. The van der Waals surface area contributed by atoms with E-state index in [2.05, 4.69) is 23.7 Å². The Labute approximate surface area is 97.1 Å². The van der Waals surface area contributed by atoms with Crippen LogP contribution in [0.5, 0.6) is 0 Å². The topological polar surface area (TPSA) is 36.4 Å². The molecule has 0 saturated carbocycles. The van der Waals surface area contributed by atoms with Crippen LogP contribution in [0.2, 0.25) is 0 Å². The Morgan fingerprint density at radius 3 is 2.81 bits per heavy atom. The summed E-state index contributed by atoms with van der Waals surface area (Å²) in [7, 11) is 0. The Balaban J connectivity index is 2.15. The van der Waals surface area contributed by atoms with Gasteiger partial charge in [-0.1, -0.05) is 13.0 Å². The second kappa shape index (κ2) is 4.83. The molecule has 1 saturated heterocycles. The molecular weight excluding hydrogens is 200 g/mol. The lowest BCUT2D eigenvalue weighted by Gasteiger charge is -2.37. The van der Waals surface area contributed by atoms with Crippen molar-refractivity contribution in [2.75, 3.05) is 11.4 Å². The number of piperidine rings is 1. The average Bonchev–Trinajstić information content (AvgIpc) is 2.32. The maximum atomic E-state index is 8.98. The molecule has 0 amide bonds. The van der Waals surface area contributed by atoms with E-state index >= 15 is 0 Å². The zero-order valence-electron chi connectivity index (χ0n) is 10.1. The van der Waals surface area contributed by atoms with Gasteiger partial charge in [-0.05, 0) is 37.3 Å². The molecule has 1 aliphatic heterocycles. The van der Waals surface area contributed by atoms with Crippen molar-refractivity contribution in [3.63, 3.8) is 0 Å². The highest BCUT2D eigenvalue weighted by Crippen LogP contribution is 2.25. The molecule has 0 aromatic carbocycles. The largest absolute Gasteiger partial charge is 0.392 e. The third-order valence-corrected chi connectivity index (χ3v) is 3.40. The van der Waals surface area contributed by atoms with Crippen molar-refractivity contribution in [2.45, 2.75) is 39.3 Å². The van der Waals surface area contributed by atoms with Gasteiger partial charge >= 0.3 is 0 Å². The van der Waals surface area contributed by atoms with E-state index in [1.165, 1.54) is 12.8 Å². The van der Waals surface area contributed by atoms with Gasteiger partial charge in [-0.25, -0.2) is 4.98 Å². The first-order valence-corrected chi connectivity index (χ1v) is 6.03. The van der Waals surface area contributed by atoms with Crippen LogP contribution in [-0.2, 0) is 6.61 Å². The molecule has 3 nitrogen and oxygen atoms in total. The Morgan fingerprint density at radius 1 is 1.38 bits per heavy atom. The molecule has 0 radical (unpaired) electrons. The fourth-order valence-corrected chi connectivity index (χ4v) is 2.29. The number of anilines is 1. The summed E-state index contributed by atoms with van der Waals surface area (Å²) in [5.41, 5.74) is 0.876. The fraction of sp³-hybridized carbons (Fsp3) is 0.615. The maximum Gasteiger partial charge on any atom is 0.128 e. The molecule has 0 spiro atoms. The summed E-state index contributed by atoms with van der Waals surface area (Å²) >= 11 is 0. The van der Waals surface area contributed by atoms with Crippen LogP contribution < -0.4 is 4.90 Å². The fourth-order valence-electron chi connectivity index (χ4n) is 2.29. The Morgan fingerprint density at radius 2 is 2.19 bits per heavy atom. The van der Waals surface area contributed by atoms with Gasteiger partial charge in [-0.2, -0.15) is 0 Å². The first kappa shape index (κ1) is 11.4. The van der Waals surface area contributed by atoms with Crippen molar-refractivity contribution < 1.29 is 5.11 Å². The summed E-state index contributed by atoms with van der Waals surface area (Å²) in [6, 6.07) is 4.54. The molecule has 2 atom stereocenters. The van der Waals surface area contributed by atoms with Gasteiger partial charge in [0, 0.05) is 18.8 Å². The number of hydrogen-bond acceptors (Lipinski definition) is 3. The summed E-state index contributed by atoms with van der Waals surface area (Å²) in [6.45, 7) is 5.71. The van der Waals surface area contributed by atoms with Gasteiger partial charge in [0.05, 0.1) is 6.61 Å². The highest BCUT2D eigenvalue weighted by Gasteiger charge is 2.23. The standard InChI is InChI=1S/C13H20N2O/c1-10-3-4-11(2)15(8-10)13-6-5-12(9-16)7-14-13/h5-7,10-11,16H,3-4,8-9H2,1-2H3. The molecule has 1 aromatic heterocycles. The summed E-state index contributed by atoms with van der Waals surface area (Å²) in [5.74, 6) is 1.78. The van der Waals surface area contributed by atoms with Crippen LogP contribution >= 0.6 is 0 Å². The predicted octanol–water partition coefficient (Wildman–Crippen LogP) is 2.20. The number of hydrogen-bond donors (Lipinski definition) is 1. The summed E-state index contributed by atoms with van der Waals surface area (Å²) in [4.78, 5) is 6.79. The molecule has 2 unspecified atom stereocenters. The average molecular weight is 220 g/mol. The van der Waals surface area contributed by atoms with E-state index in [0.29, 0.717) is 6.04 Å². The van der Waals surface area contributed by atoms with E-state index in [-0.39, 0.29) is 6.61 Å². The van der Waals surface area contributed by atoms with Crippen LogP contribution in [0, 0.1) is 5.92 Å². The summed E-state index contributed by atoms with van der Waals surface area (Å²) in [6.07, 6.45) is 4.32. The predicted molar refractivity (Wildman–Crippen MR) is 65.4 cm³/mol. The molecule has 1 N–H and O–H groups in total. The van der Waals surface area contributed by atoms with Gasteiger partial charge in [-0.3, -0.25) is 0 Å². The molecule has 1 aliphatic rings. The van der Waals surface area contributed by atoms with Crippen molar-refractivity contribution in [2.24, 2.45) is 5.92 Å². The molecular formula is C13H20N2O. The molecule has 0 bridgehead atoms. The van der Waals surface area contributed by atoms with Crippen LogP contribution in [0.25, 0.3) is 0 Å². The van der Waals surface area contributed by atoms with Gasteiger partial charge in [0.15, 0.2) is 0 Å². The first-order valence-electron chi connectivity index (χ1n) is 6.03. The van der Waals surface area contributed by atoms with Gasteiger partial charge < -0.3 is 10.0 Å². The van der Waals surface area contributed by atoms with Crippen molar-refractivity contribution in [3.8, 4) is 0 Å². The number of pyridine rings is 1. The molecule has 2 heterocycles. The molecule has 88 valence electrons. The van der Waals surface area contributed by atoms with Crippen LogP contribution in [-0.4, -0.2) is 22.7 Å². The number of aliphatic hydroxyl groups is 1. The zero-order chi connectivity index (χ0) is 11.5. The van der Waals surface area contributed by atoms with Crippen molar-refractivity contribution in [3.05, 3.63) is 23.9 Å². The summed E-state index contributed by atoms with van der Waals surface area (Å²) < 4.78 is 0. The first-order chi connectivity index (χ1) is 7.70. The van der Waals surface area contributed by atoms with E-state index in [4.69, 9.17) is 5.11 Å². The van der Waals surface area contributed by atoms with Crippen LogP contribution in [0.1, 0.15) is 32.3 Å². The molecule has 0 aliphatic carbocycles. The number of nitrogens with zero attached hydrogens (tertiary/aromatic N) is 2. The van der Waals surface area contributed by atoms with Gasteiger partial charge in [0.1, 0.15) is 5.82 Å². The minimum Gasteiger partial charge on any atom is -0.392 e. The normalized spacial score (nSPS) is 25.8. The van der Waals surface area contributed by atoms with Crippen LogP contribution in [0.3, 0.4) is 0 Å². The smallest absolute Gasteiger partial charge is 0.128 e. The highest BCUT2D eigenvalue weighted by molar-refractivity contribution is 5.41. The monoisotopic (exact) mass is 220 g/mol. The second-order valence-electron chi connectivity index (χ2n) is 4.87. The number of aromatic nitrogens is 1. The number of aliphatic hydroxyl groups excluding tert-OH is 1. The van der Waals surface area contributed by atoms with Crippen molar-refractivity contribution in [1.29, 1.82) is 0 Å². The van der Waals surface area contributed by atoms with E-state index < -0.39 is 0 Å². The maximum absolute atomic E-state index is 8.98. The van der Waals surface area contributed by atoms with E-state index in [0.717, 1.165) is 23.8 Å². The third kappa shape index (κ3) is 2.35. The minimum absolute atomic E-state index is 0.0687. The van der Waals surface area contributed by atoms with Crippen molar-refractivity contribution >= 4 is 5.82 Å². The highest BCUT2D eigenvalue weighted by atomic mass is 16.3. The molecule has 16 heavy (non-hydrogen) atoms. The van der Waals surface area contributed by atoms with Gasteiger partial charge in [0.2, 0.25) is 0 Å². The lowest BCUT2D eigenvalue weighted by Crippen LogP contribution is -2.41. The molecule has 3 heteroatoms. The molecule has 1 aromatic rings. The van der Waals surface area contributed by atoms with Crippen LogP contribution in [0.4, 0.5) is 5.82 Å². The zero-order valence-corrected chi connectivity index (χ0v) is 10.1. The van der Waals surface area contributed by atoms with Gasteiger partial charge in [0.25, 0.3) is 0 Å². The lowest BCUT2D eigenvalue weighted by atomic mass is 9.95. The second-order valence-corrected chi connectivity index (χ2v) is 4.87.